The molecule has 1 saturated heterocycles. The number of nitrogens with one attached hydrogen (secondary N) is 2. The van der Waals surface area contributed by atoms with E-state index in [4.69, 9.17) is 9.47 Å². The number of ketones is 1. The summed E-state index contributed by atoms with van der Waals surface area (Å²) in [6.45, 7) is 3.94. The molecule has 138 valence electrons. The summed E-state index contributed by atoms with van der Waals surface area (Å²) in [5.74, 6) is -0.382. The van der Waals surface area contributed by atoms with Gasteiger partial charge >= 0.3 is 11.9 Å². The van der Waals surface area contributed by atoms with Crippen molar-refractivity contribution in [3.05, 3.63) is 0 Å². The molecule has 0 aromatic rings. The normalized spacial score (nSPS) is 23.8. The maximum absolute atomic E-state index is 12.0. The smallest absolute Gasteiger partial charge is 0.307 e. The van der Waals surface area contributed by atoms with Gasteiger partial charge in [-0.05, 0) is 19.9 Å². The van der Waals surface area contributed by atoms with Gasteiger partial charge in [-0.25, -0.2) is 0 Å². The van der Waals surface area contributed by atoms with Crippen LogP contribution in [0, 0.1) is 5.41 Å². The lowest BCUT2D eigenvalue weighted by Crippen LogP contribution is -2.36. The van der Waals surface area contributed by atoms with E-state index in [1.807, 2.05) is 6.92 Å². The van der Waals surface area contributed by atoms with Crippen molar-refractivity contribution in [1.29, 1.82) is 0 Å². The second kappa shape index (κ2) is 11.1. The molecule has 1 rings (SSSR count). The van der Waals surface area contributed by atoms with Gasteiger partial charge in [-0.2, -0.15) is 0 Å². The largest absolute Gasteiger partial charge is 0.465 e. The molecule has 0 spiro atoms. The number of rotatable bonds is 6. The van der Waals surface area contributed by atoms with Gasteiger partial charge in [0.25, 0.3) is 0 Å². The van der Waals surface area contributed by atoms with Crippen LogP contribution in [0.4, 0.5) is 0 Å². The fourth-order valence-electron chi connectivity index (χ4n) is 2.48. The van der Waals surface area contributed by atoms with E-state index >= 15 is 0 Å². The van der Waals surface area contributed by atoms with Gasteiger partial charge in [0, 0.05) is 37.9 Å². The van der Waals surface area contributed by atoms with Crippen LogP contribution in [-0.2, 0) is 23.9 Å². The number of carbonyl (C=O) groups excluding carboxylic acids is 3. The van der Waals surface area contributed by atoms with Gasteiger partial charge in [-0.3, -0.25) is 14.4 Å². The van der Waals surface area contributed by atoms with Crippen LogP contribution in [-0.4, -0.2) is 57.6 Å². The van der Waals surface area contributed by atoms with Crippen LogP contribution in [0.15, 0.2) is 0 Å². The van der Waals surface area contributed by atoms with Gasteiger partial charge in [0.2, 0.25) is 0 Å². The van der Waals surface area contributed by atoms with E-state index in [1.54, 1.807) is 7.05 Å². The third-order valence-electron chi connectivity index (χ3n) is 4.43. The van der Waals surface area contributed by atoms with Gasteiger partial charge in [-0.1, -0.05) is 6.92 Å². The first-order chi connectivity index (χ1) is 11.5. The Balaban J connectivity index is 2.69. The van der Waals surface area contributed by atoms with E-state index in [1.165, 1.54) is 0 Å². The Labute approximate surface area is 143 Å². The van der Waals surface area contributed by atoms with Gasteiger partial charge in [0.15, 0.2) is 0 Å². The highest BCUT2D eigenvalue weighted by molar-refractivity contribution is 5.78. The molecule has 1 unspecified atom stereocenters. The van der Waals surface area contributed by atoms with Crippen LogP contribution in [0.3, 0.4) is 0 Å². The summed E-state index contributed by atoms with van der Waals surface area (Å²) in [5.41, 5.74) is -0.493. The predicted octanol–water partition coefficient (Wildman–Crippen LogP) is 0.811. The van der Waals surface area contributed by atoms with E-state index in [0.717, 1.165) is 0 Å². The summed E-state index contributed by atoms with van der Waals surface area (Å²) in [7, 11) is 1.77. The Morgan fingerprint density at radius 3 is 2.75 bits per heavy atom. The van der Waals surface area contributed by atoms with Crippen LogP contribution >= 0.6 is 0 Å². The molecule has 0 amide bonds. The molecule has 1 fully saturated rings. The average molecular weight is 342 g/mol. The predicted molar refractivity (Wildman–Crippen MR) is 89.5 cm³/mol. The Morgan fingerprint density at radius 1 is 1.29 bits per heavy atom. The third-order valence-corrected chi connectivity index (χ3v) is 4.43. The fourth-order valence-corrected chi connectivity index (χ4v) is 2.48. The lowest BCUT2D eigenvalue weighted by molar-refractivity contribution is -0.154. The molecule has 7 nitrogen and oxygen atoms in total. The number of ether oxygens (including phenoxy) is 2. The highest BCUT2D eigenvalue weighted by Crippen LogP contribution is 2.30. The van der Waals surface area contributed by atoms with Crippen molar-refractivity contribution in [2.45, 2.75) is 45.4 Å². The number of Topliss-reactive ketones (excluding diaryl/α,β-unsaturated/α-hetero) is 1. The topological polar surface area (TPSA) is 93.7 Å². The first kappa shape index (κ1) is 20.6. The SMILES string of the molecule is CCC1(COC(=O)CCNC)CCC(=O)CCNCCC(=O)OC1. The van der Waals surface area contributed by atoms with Crippen LogP contribution in [0.5, 0.6) is 0 Å². The quantitative estimate of drug-likeness (QED) is 0.690. The summed E-state index contributed by atoms with van der Waals surface area (Å²) >= 11 is 0. The maximum Gasteiger partial charge on any atom is 0.307 e. The molecule has 2 N–H and O–H groups in total. The number of hydrogen-bond donors (Lipinski definition) is 2. The van der Waals surface area contributed by atoms with Gasteiger partial charge < -0.3 is 20.1 Å². The second-order valence-electron chi connectivity index (χ2n) is 6.32. The molecule has 0 bridgehead atoms. The number of cyclic esters (lactones) is 1. The van der Waals surface area contributed by atoms with Crippen LogP contribution in [0.2, 0.25) is 0 Å². The molecule has 0 aliphatic carbocycles. The van der Waals surface area contributed by atoms with Crippen molar-refractivity contribution in [3.63, 3.8) is 0 Å². The standard InChI is InChI=1S/C17H30N2O5/c1-3-17(12-23-15(21)6-9-18-2)8-4-14(20)5-10-19-11-7-16(22)24-13-17/h18-19H,3-13H2,1-2H3. The minimum Gasteiger partial charge on any atom is -0.465 e. The molecule has 1 atom stereocenters. The van der Waals surface area contributed by atoms with Crippen molar-refractivity contribution in [2.24, 2.45) is 5.41 Å². The molecular weight excluding hydrogens is 312 g/mol. The molecule has 1 heterocycles. The summed E-state index contributed by atoms with van der Waals surface area (Å²) < 4.78 is 10.8. The van der Waals surface area contributed by atoms with Crippen molar-refractivity contribution in [1.82, 2.24) is 10.6 Å². The maximum atomic E-state index is 12.0. The molecule has 0 aromatic carbocycles. The summed E-state index contributed by atoms with van der Waals surface area (Å²) in [6.07, 6.45) is 2.65. The Kier molecular flexibility index (Phi) is 9.56. The fraction of sp³-hybridized carbons (Fsp3) is 0.824. The summed E-state index contributed by atoms with van der Waals surface area (Å²) in [5, 5.41) is 5.96. The van der Waals surface area contributed by atoms with Crippen molar-refractivity contribution in [2.75, 3.05) is 39.9 Å². The number of carbonyl (C=O) groups is 3. The zero-order chi connectivity index (χ0) is 17.8. The highest BCUT2D eigenvalue weighted by atomic mass is 16.5. The first-order valence-corrected chi connectivity index (χ1v) is 8.69. The molecular formula is C17H30N2O5. The van der Waals surface area contributed by atoms with E-state index < -0.39 is 5.41 Å². The van der Waals surface area contributed by atoms with Crippen molar-refractivity contribution < 1.29 is 23.9 Å². The van der Waals surface area contributed by atoms with E-state index in [9.17, 15) is 14.4 Å². The summed E-state index contributed by atoms with van der Waals surface area (Å²) in [4.78, 5) is 35.5. The van der Waals surface area contributed by atoms with Crippen LogP contribution in [0.25, 0.3) is 0 Å². The summed E-state index contributed by atoms with van der Waals surface area (Å²) in [6, 6.07) is 0. The monoisotopic (exact) mass is 342 g/mol. The zero-order valence-corrected chi connectivity index (χ0v) is 14.8. The third kappa shape index (κ3) is 7.88. The molecule has 1 aliphatic rings. The van der Waals surface area contributed by atoms with Crippen molar-refractivity contribution >= 4 is 17.7 Å². The Hall–Kier alpha value is -1.47. The lowest BCUT2D eigenvalue weighted by atomic mass is 9.81. The van der Waals surface area contributed by atoms with Crippen LogP contribution < -0.4 is 10.6 Å². The number of hydrogen-bond acceptors (Lipinski definition) is 7. The molecule has 0 saturated carbocycles. The van der Waals surface area contributed by atoms with Crippen molar-refractivity contribution in [3.8, 4) is 0 Å². The lowest BCUT2D eigenvalue weighted by Gasteiger charge is -2.32. The number of esters is 2. The molecule has 0 radical (unpaired) electrons. The second-order valence-corrected chi connectivity index (χ2v) is 6.32. The molecule has 24 heavy (non-hydrogen) atoms. The highest BCUT2D eigenvalue weighted by Gasteiger charge is 2.32. The minimum atomic E-state index is -0.493. The van der Waals surface area contributed by atoms with Gasteiger partial charge in [0.05, 0.1) is 12.8 Å². The van der Waals surface area contributed by atoms with Gasteiger partial charge in [-0.15, -0.1) is 0 Å². The van der Waals surface area contributed by atoms with E-state index in [2.05, 4.69) is 10.6 Å². The molecule has 7 heteroatoms. The minimum absolute atomic E-state index is 0.171. The van der Waals surface area contributed by atoms with E-state index in [0.29, 0.717) is 51.7 Å². The van der Waals surface area contributed by atoms with Crippen LogP contribution in [0.1, 0.15) is 45.4 Å². The molecule has 0 aromatic heterocycles. The van der Waals surface area contributed by atoms with E-state index in [-0.39, 0.29) is 37.4 Å². The zero-order valence-electron chi connectivity index (χ0n) is 14.8. The average Bonchev–Trinajstić information content (AvgIpc) is 2.58. The Bertz CT molecular complexity index is 403. The Morgan fingerprint density at radius 2 is 2.04 bits per heavy atom. The van der Waals surface area contributed by atoms with Gasteiger partial charge in [0.1, 0.15) is 19.0 Å². The molecule has 1 aliphatic heterocycles. The first-order valence-electron chi connectivity index (χ1n) is 8.69.